The lowest BCUT2D eigenvalue weighted by Crippen LogP contribution is -1.96. The second-order valence-corrected chi connectivity index (χ2v) is 7.00. The smallest absolute Gasteiger partial charge is 0.143 e. The first-order valence-electron chi connectivity index (χ1n) is 7.66. The van der Waals surface area contributed by atoms with Crippen molar-refractivity contribution in [2.24, 2.45) is 0 Å². The fraction of sp³-hybridized carbons (Fsp3) is 0.0526. The SMILES string of the molecule is Cc1ccc(-c2csc3ncnc(Nc4cc(Cl)ccc4O)c23)cc1. The number of anilines is 2. The van der Waals surface area contributed by atoms with Gasteiger partial charge in [0, 0.05) is 16.0 Å². The summed E-state index contributed by atoms with van der Waals surface area (Å²) in [6.45, 7) is 2.06. The van der Waals surface area contributed by atoms with E-state index >= 15 is 0 Å². The number of rotatable bonds is 3. The van der Waals surface area contributed by atoms with Crippen molar-refractivity contribution in [2.75, 3.05) is 5.32 Å². The summed E-state index contributed by atoms with van der Waals surface area (Å²) in [4.78, 5) is 9.63. The molecule has 2 aromatic carbocycles. The molecule has 0 spiro atoms. The fourth-order valence-electron chi connectivity index (χ4n) is 2.65. The summed E-state index contributed by atoms with van der Waals surface area (Å²) >= 11 is 7.61. The number of nitrogens with zero attached hydrogens (tertiary/aromatic N) is 2. The zero-order valence-electron chi connectivity index (χ0n) is 13.3. The summed E-state index contributed by atoms with van der Waals surface area (Å²) in [6, 6.07) is 13.2. The van der Waals surface area contributed by atoms with E-state index in [1.165, 1.54) is 11.9 Å². The Kier molecular flexibility index (Phi) is 4.03. The van der Waals surface area contributed by atoms with Crippen LogP contribution >= 0.6 is 22.9 Å². The summed E-state index contributed by atoms with van der Waals surface area (Å²) < 4.78 is 0. The molecule has 2 N–H and O–H groups in total. The Morgan fingerprint density at radius 2 is 1.88 bits per heavy atom. The number of phenolic OH excluding ortho intramolecular Hbond substituents is 1. The van der Waals surface area contributed by atoms with E-state index in [0.717, 1.165) is 21.3 Å². The lowest BCUT2D eigenvalue weighted by Gasteiger charge is -2.10. The minimum atomic E-state index is 0.114. The molecule has 4 aromatic rings. The largest absolute Gasteiger partial charge is 0.506 e. The molecule has 0 saturated heterocycles. The van der Waals surface area contributed by atoms with Gasteiger partial charge in [0.15, 0.2) is 0 Å². The molecule has 6 heteroatoms. The Balaban J connectivity index is 1.85. The Morgan fingerprint density at radius 3 is 2.68 bits per heavy atom. The molecule has 0 saturated carbocycles. The van der Waals surface area contributed by atoms with Crippen LogP contribution in [0.25, 0.3) is 21.3 Å². The van der Waals surface area contributed by atoms with Gasteiger partial charge in [-0.05, 0) is 30.7 Å². The minimum absolute atomic E-state index is 0.114. The van der Waals surface area contributed by atoms with E-state index < -0.39 is 0 Å². The Morgan fingerprint density at radius 1 is 1.08 bits per heavy atom. The van der Waals surface area contributed by atoms with E-state index in [9.17, 15) is 5.11 Å². The van der Waals surface area contributed by atoms with Crippen molar-refractivity contribution in [1.29, 1.82) is 0 Å². The summed E-state index contributed by atoms with van der Waals surface area (Å²) in [5, 5.41) is 16.8. The summed E-state index contributed by atoms with van der Waals surface area (Å²) in [7, 11) is 0. The molecular formula is C19H14ClN3OS. The maximum atomic E-state index is 10.1. The normalized spacial score (nSPS) is 11.0. The van der Waals surface area contributed by atoms with Crippen LogP contribution in [-0.4, -0.2) is 15.1 Å². The van der Waals surface area contributed by atoms with E-state index in [0.29, 0.717) is 16.5 Å². The van der Waals surface area contributed by atoms with Gasteiger partial charge in [0.25, 0.3) is 0 Å². The Labute approximate surface area is 153 Å². The van der Waals surface area contributed by atoms with Gasteiger partial charge in [0.05, 0.1) is 11.1 Å². The Hall–Kier alpha value is -2.63. The fourth-order valence-corrected chi connectivity index (χ4v) is 3.74. The first-order valence-corrected chi connectivity index (χ1v) is 8.92. The first kappa shape index (κ1) is 15.9. The van der Waals surface area contributed by atoms with Crippen molar-refractivity contribution in [1.82, 2.24) is 9.97 Å². The number of aromatic nitrogens is 2. The number of phenols is 1. The molecule has 25 heavy (non-hydrogen) atoms. The number of aryl methyl sites for hydroxylation is 1. The molecule has 0 radical (unpaired) electrons. The number of thiophene rings is 1. The number of nitrogens with one attached hydrogen (secondary N) is 1. The number of benzene rings is 2. The molecule has 2 aromatic heterocycles. The van der Waals surface area contributed by atoms with Crippen LogP contribution in [0.2, 0.25) is 5.02 Å². The molecule has 4 rings (SSSR count). The first-order chi connectivity index (χ1) is 12.1. The lowest BCUT2D eigenvalue weighted by atomic mass is 10.0. The average Bonchev–Trinajstić information content (AvgIpc) is 3.04. The summed E-state index contributed by atoms with van der Waals surface area (Å²) in [6.07, 6.45) is 1.52. The maximum Gasteiger partial charge on any atom is 0.143 e. The van der Waals surface area contributed by atoms with Gasteiger partial charge in [-0.2, -0.15) is 0 Å². The van der Waals surface area contributed by atoms with Crippen LogP contribution in [0.3, 0.4) is 0 Å². The molecule has 0 aliphatic carbocycles. The standard InChI is InChI=1S/C19H14ClN3OS/c1-11-2-4-12(5-3-11)14-9-25-19-17(14)18(21-10-22-19)23-15-8-13(20)6-7-16(15)24/h2-10,24H,1H3,(H,21,22,23). The zero-order chi connectivity index (χ0) is 17.4. The monoisotopic (exact) mass is 367 g/mol. The summed E-state index contributed by atoms with van der Waals surface area (Å²) in [5.74, 6) is 0.752. The molecule has 0 bridgehead atoms. The van der Waals surface area contributed by atoms with Gasteiger partial charge in [-0.3, -0.25) is 0 Å². The van der Waals surface area contributed by atoms with Crippen LogP contribution < -0.4 is 5.32 Å². The van der Waals surface area contributed by atoms with E-state index in [2.05, 4.69) is 51.9 Å². The van der Waals surface area contributed by atoms with Crippen LogP contribution in [0.15, 0.2) is 54.2 Å². The molecule has 2 heterocycles. The molecule has 0 aliphatic heterocycles. The van der Waals surface area contributed by atoms with Crippen molar-refractivity contribution >= 4 is 44.7 Å². The van der Waals surface area contributed by atoms with Gasteiger partial charge in [-0.15, -0.1) is 11.3 Å². The second kappa shape index (κ2) is 6.35. The van der Waals surface area contributed by atoms with Crippen LogP contribution in [0.4, 0.5) is 11.5 Å². The minimum Gasteiger partial charge on any atom is -0.506 e. The van der Waals surface area contributed by atoms with Crippen molar-refractivity contribution < 1.29 is 5.11 Å². The predicted molar refractivity (Wildman–Crippen MR) is 104 cm³/mol. The third kappa shape index (κ3) is 3.04. The van der Waals surface area contributed by atoms with Crippen molar-refractivity contribution in [3.63, 3.8) is 0 Å². The predicted octanol–water partition coefficient (Wildman–Crippen LogP) is 5.77. The highest BCUT2D eigenvalue weighted by atomic mass is 35.5. The van der Waals surface area contributed by atoms with Gasteiger partial charge < -0.3 is 10.4 Å². The quantitative estimate of drug-likeness (QED) is 0.451. The molecule has 0 amide bonds. The molecule has 0 fully saturated rings. The topological polar surface area (TPSA) is 58.0 Å². The van der Waals surface area contributed by atoms with Gasteiger partial charge in [0.2, 0.25) is 0 Å². The van der Waals surface area contributed by atoms with Gasteiger partial charge in [0.1, 0.15) is 22.7 Å². The van der Waals surface area contributed by atoms with Crippen LogP contribution in [0, 0.1) is 6.92 Å². The number of halogens is 1. The number of hydrogen-bond donors (Lipinski definition) is 2. The molecule has 0 unspecified atom stereocenters. The van der Waals surface area contributed by atoms with Crippen molar-refractivity contribution in [3.05, 3.63) is 64.8 Å². The van der Waals surface area contributed by atoms with Crippen LogP contribution in [0.1, 0.15) is 5.56 Å². The van der Waals surface area contributed by atoms with Gasteiger partial charge >= 0.3 is 0 Å². The highest BCUT2D eigenvalue weighted by Gasteiger charge is 2.14. The third-order valence-corrected chi connectivity index (χ3v) is 5.07. The lowest BCUT2D eigenvalue weighted by molar-refractivity contribution is 0.478. The van der Waals surface area contributed by atoms with E-state index in [1.54, 1.807) is 29.5 Å². The van der Waals surface area contributed by atoms with Crippen LogP contribution in [-0.2, 0) is 0 Å². The van der Waals surface area contributed by atoms with Crippen molar-refractivity contribution in [3.8, 4) is 16.9 Å². The molecule has 124 valence electrons. The molecule has 0 aliphatic rings. The second-order valence-electron chi connectivity index (χ2n) is 5.70. The van der Waals surface area contributed by atoms with Gasteiger partial charge in [-0.1, -0.05) is 41.4 Å². The number of hydrogen-bond acceptors (Lipinski definition) is 5. The van der Waals surface area contributed by atoms with Crippen molar-refractivity contribution in [2.45, 2.75) is 6.92 Å². The Bertz CT molecular complexity index is 1060. The zero-order valence-corrected chi connectivity index (χ0v) is 14.9. The number of aromatic hydroxyl groups is 1. The average molecular weight is 368 g/mol. The maximum absolute atomic E-state index is 10.1. The van der Waals surface area contributed by atoms with Crippen LogP contribution in [0.5, 0.6) is 5.75 Å². The van der Waals surface area contributed by atoms with Gasteiger partial charge in [-0.25, -0.2) is 9.97 Å². The van der Waals surface area contributed by atoms with E-state index in [-0.39, 0.29) is 5.75 Å². The molecule has 0 atom stereocenters. The van der Waals surface area contributed by atoms with E-state index in [4.69, 9.17) is 11.6 Å². The van der Waals surface area contributed by atoms with E-state index in [1.807, 2.05) is 0 Å². The third-order valence-electron chi connectivity index (χ3n) is 3.94. The highest BCUT2D eigenvalue weighted by molar-refractivity contribution is 7.17. The number of fused-ring (bicyclic) bond motifs is 1. The summed E-state index contributed by atoms with van der Waals surface area (Å²) in [5.41, 5.74) is 3.88. The molecular weight excluding hydrogens is 354 g/mol. The molecule has 4 nitrogen and oxygen atoms in total. The highest BCUT2D eigenvalue weighted by Crippen LogP contribution is 2.38.